The molecule has 6 heteroatoms. The summed E-state index contributed by atoms with van der Waals surface area (Å²) in [7, 11) is 3.47. The zero-order chi connectivity index (χ0) is 14.3. The monoisotopic (exact) mass is 284 g/mol. The van der Waals surface area contributed by atoms with E-state index in [1.54, 1.807) is 25.5 Å². The Morgan fingerprint density at radius 2 is 2.21 bits per heavy atom. The Morgan fingerprint density at radius 3 is 2.74 bits per heavy atom. The maximum Gasteiger partial charge on any atom is 0.191 e. The molecule has 0 aromatic carbocycles. The molecule has 19 heavy (non-hydrogen) atoms. The number of hydrogen-bond donors (Lipinski definition) is 2. The molecule has 108 valence electrons. The number of ether oxygens (including phenoxy) is 1. The minimum absolute atomic E-state index is 0.239. The molecule has 0 saturated carbocycles. The molecule has 2 N–H and O–H groups in total. The average Bonchev–Trinajstić information content (AvgIpc) is 2.67. The summed E-state index contributed by atoms with van der Waals surface area (Å²) >= 11 is 1.76. The number of hydrogen-bond acceptors (Lipinski definition) is 4. The van der Waals surface area contributed by atoms with Crippen LogP contribution in [0.5, 0.6) is 0 Å². The van der Waals surface area contributed by atoms with Gasteiger partial charge in [-0.15, -0.1) is 11.3 Å². The number of aliphatic imine (C=N–C) groups is 1. The van der Waals surface area contributed by atoms with E-state index in [9.17, 15) is 0 Å². The van der Waals surface area contributed by atoms with Crippen LogP contribution >= 0.6 is 11.3 Å². The van der Waals surface area contributed by atoms with Crippen molar-refractivity contribution in [3.05, 3.63) is 15.6 Å². The summed E-state index contributed by atoms with van der Waals surface area (Å²) in [6.07, 6.45) is 0.969. The van der Waals surface area contributed by atoms with E-state index in [1.165, 1.54) is 4.88 Å². The van der Waals surface area contributed by atoms with E-state index < -0.39 is 0 Å². The van der Waals surface area contributed by atoms with Gasteiger partial charge < -0.3 is 15.4 Å². The van der Waals surface area contributed by atoms with Crippen molar-refractivity contribution in [1.29, 1.82) is 0 Å². The predicted molar refractivity (Wildman–Crippen MR) is 81.1 cm³/mol. The van der Waals surface area contributed by atoms with Crippen LogP contribution in [-0.4, -0.2) is 44.3 Å². The number of rotatable bonds is 6. The third-order valence-corrected chi connectivity index (χ3v) is 3.80. The molecule has 1 aromatic rings. The van der Waals surface area contributed by atoms with Crippen molar-refractivity contribution in [2.75, 3.05) is 27.3 Å². The van der Waals surface area contributed by atoms with E-state index in [0.717, 1.165) is 29.6 Å². The Morgan fingerprint density at radius 1 is 1.47 bits per heavy atom. The van der Waals surface area contributed by atoms with Gasteiger partial charge in [0.1, 0.15) is 0 Å². The lowest BCUT2D eigenvalue weighted by Gasteiger charge is -2.17. The van der Waals surface area contributed by atoms with Gasteiger partial charge in [-0.05, 0) is 20.8 Å². The fourth-order valence-electron chi connectivity index (χ4n) is 1.82. The van der Waals surface area contributed by atoms with Crippen LogP contribution in [0.1, 0.15) is 22.5 Å². The molecule has 1 atom stereocenters. The predicted octanol–water partition coefficient (Wildman–Crippen LogP) is 1.50. The lowest BCUT2D eigenvalue weighted by atomic mass is 10.3. The van der Waals surface area contributed by atoms with Gasteiger partial charge in [0.05, 0.1) is 17.3 Å². The van der Waals surface area contributed by atoms with Gasteiger partial charge in [-0.25, -0.2) is 4.98 Å². The molecule has 0 fully saturated rings. The number of nitrogens with zero attached hydrogens (tertiary/aromatic N) is 2. The Balaban J connectivity index is 2.36. The zero-order valence-corrected chi connectivity index (χ0v) is 13.2. The number of nitrogens with one attached hydrogen (secondary N) is 2. The van der Waals surface area contributed by atoms with Crippen molar-refractivity contribution in [1.82, 2.24) is 15.6 Å². The summed E-state index contributed by atoms with van der Waals surface area (Å²) < 4.78 is 5.09. The minimum Gasteiger partial charge on any atom is -0.383 e. The van der Waals surface area contributed by atoms with Crippen molar-refractivity contribution in [3.63, 3.8) is 0 Å². The van der Waals surface area contributed by atoms with Crippen molar-refractivity contribution >= 4 is 17.3 Å². The SMILES string of the molecule is CN=C(NCCc1sc(C)nc1C)NC(C)COC. The molecular weight excluding hydrogens is 260 g/mol. The molecule has 0 saturated heterocycles. The molecule has 0 aliphatic heterocycles. The van der Waals surface area contributed by atoms with E-state index in [1.807, 2.05) is 6.92 Å². The van der Waals surface area contributed by atoms with Gasteiger partial charge in [-0.1, -0.05) is 0 Å². The second-order valence-electron chi connectivity index (χ2n) is 4.49. The number of thiazole rings is 1. The van der Waals surface area contributed by atoms with E-state index in [-0.39, 0.29) is 6.04 Å². The van der Waals surface area contributed by atoms with E-state index in [0.29, 0.717) is 6.61 Å². The molecule has 0 radical (unpaired) electrons. The number of aryl methyl sites for hydroxylation is 2. The third kappa shape index (κ3) is 5.57. The molecule has 5 nitrogen and oxygen atoms in total. The van der Waals surface area contributed by atoms with Crippen molar-refractivity contribution in [2.45, 2.75) is 33.2 Å². The van der Waals surface area contributed by atoms with Crippen LogP contribution in [0.2, 0.25) is 0 Å². The third-order valence-electron chi connectivity index (χ3n) is 2.67. The van der Waals surface area contributed by atoms with E-state index in [4.69, 9.17) is 4.74 Å². The first-order valence-electron chi connectivity index (χ1n) is 6.45. The normalized spacial score (nSPS) is 13.4. The Labute approximate surface area is 119 Å². The number of methoxy groups -OCH3 is 1. The molecule has 1 heterocycles. The van der Waals surface area contributed by atoms with Crippen LogP contribution in [0.3, 0.4) is 0 Å². The molecule has 0 bridgehead atoms. The van der Waals surface area contributed by atoms with Gasteiger partial charge in [0.15, 0.2) is 5.96 Å². The second-order valence-corrected chi connectivity index (χ2v) is 5.78. The first-order chi connectivity index (χ1) is 9.06. The van der Waals surface area contributed by atoms with Gasteiger partial charge in [-0.3, -0.25) is 4.99 Å². The highest BCUT2D eigenvalue weighted by Gasteiger charge is 2.06. The topological polar surface area (TPSA) is 58.5 Å². The average molecular weight is 284 g/mol. The number of aromatic nitrogens is 1. The van der Waals surface area contributed by atoms with Crippen LogP contribution in [0, 0.1) is 13.8 Å². The van der Waals surface area contributed by atoms with Crippen LogP contribution in [-0.2, 0) is 11.2 Å². The van der Waals surface area contributed by atoms with Gasteiger partial charge in [0.2, 0.25) is 0 Å². The second kappa shape index (κ2) is 8.12. The molecule has 0 aliphatic rings. The standard InChI is InChI=1S/C13H24N4OS/c1-9(8-18-5)16-13(14-4)15-7-6-12-10(2)17-11(3)19-12/h9H,6-8H2,1-5H3,(H2,14,15,16). The highest BCUT2D eigenvalue weighted by molar-refractivity contribution is 7.11. The lowest BCUT2D eigenvalue weighted by Crippen LogP contribution is -2.44. The van der Waals surface area contributed by atoms with Crippen LogP contribution in [0.4, 0.5) is 0 Å². The quantitative estimate of drug-likeness (QED) is 0.614. The molecule has 1 rings (SSSR count). The first-order valence-corrected chi connectivity index (χ1v) is 7.27. The lowest BCUT2D eigenvalue weighted by molar-refractivity contribution is 0.179. The minimum atomic E-state index is 0.239. The fraction of sp³-hybridized carbons (Fsp3) is 0.692. The highest BCUT2D eigenvalue weighted by Crippen LogP contribution is 2.16. The molecule has 0 amide bonds. The van der Waals surface area contributed by atoms with Crippen LogP contribution < -0.4 is 10.6 Å². The summed E-state index contributed by atoms with van der Waals surface area (Å²) in [5, 5.41) is 7.71. The summed E-state index contributed by atoms with van der Waals surface area (Å²) in [6.45, 7) is 7.68. The Bertz CT molecular complexity index is 417. The molecule has 1 unspecified atom stereocenters. The van der Waals surface area contributed by atoms with Crippen LogP contribution in [0.15, 0.2) is 4.99 Å². The van der Waals surface area contributed by atoms with Gasteiger partial charge in [-0.2, -0.15) is 0 Å². The molecule has 0 aliphatic carbocycles. The van der Waals surface area contributed by atoms with E-state index >= 15 is 0 Å². The largest absolute Gasteiger partial charge is 0.383 e. The Hall–Kier alpha value is -1.14. The highest BCUT2D eigenvalue weighted by atomic mass is 32.1. The Kier molecular flexibility index (Phi) is 6.80. The first kappa shape index (κ1) is 15.9. The number of guanidine groups is 1. The zero-order valence-electron chi connectivity index (χ0n) is 12.4. The summed E-state index contributed by atoms with van der Waals surface area (Å²) in [5.74, 6) is 0.809. The smallest absolute Gasteiger partial charge is 0.191 e. The summed E-state index contributed by atoms with van der Waals surface area (Å²) in [5.41, 5.74) is 1.14. The molecule has 1 aromatic heterocycles. The maximum atomic E-state index is 5.09. The van der Waals surface area contributed by atoms with Crippen molar-refractivity contribution in [2.24, 2.45) is 4.99 Å². The fourth-order valence-corrected chi connectivity index (χ4v) is 2.76. The maximum absolute atomic E-state index is 5.09. The van der Waals surface area contributed by atoms with Gasteiger partial charge in [0, 0.05) is 38.0 Å². The van der Waals surface area contributed by atoms with Gasteiger partial charge in [0.25, 0.3) is 0 Å². The van der Waals surface area contributed by atoms with Crippen LogP contribution in [0.25, 0.3) is 0 Å². The summed E-state index contributed by atoms with van der Waals surface area (Å²) in [6, 6.07) is 0.239. The summed E-state index contributed by atoms with van der Waals surface area (Å²) in [4.78, 5) is 9.96. The molecule has 0 spiro atoms. The molecular formula is C13H24N4OS. The van der Waals surface area contributed by atoms with Gasteiger partial charge >= 0.3 is 0 Å². The van der Waals surface area contributed by atoms with Crippen molar-refractivity contribution in [3.8, 4) is 0 Å². The van der Waals surface area contributed by atoms with E-state index in [2.05, 4.69) is 34.5 Å². The van der Waals surface area contributed by atoms with Crippen molar-refractivity contribution < 1.29 is 4.74 Å².